The van der Waals surface area contributed by atoms with Crippen LogP contribution in [-0.2, 0) is 20.9 Å². The number of likely N-dealkylation sites (tertiary alicyclic amines) is 1. The van der Waals surface area contributed by atoms with Crippen LogP contribution in [0.5, 0.6) is 0 Å². The molecule has 3 atom stereocenters. The molecular formula is C27H21F2N3O5. The molecule has 10 heteroatoms. The third-order valence-corrected chi connectivity index (χ3v) is 6.66. The molecule has 188 valence electrons. The number of nitrogens with one attached hydrogen (secondary N) is 2. The van der Waals surface area contributed by atoms with Crippen molar-refractivity contribution in [3.63, 3.8) is 0 Å². The summed E-state index contributed by atoms with van der Waals surface area (Å²) in [6, 6.07) is 15.6. The summed E-state index contributed by atoms with van der Waals surface area (Å²) in [7, 11) is 0. The van der Waals surface area contributed by atoms with Crippen molar-refractivity contribution in [2.45, 2.75) is 18.7 Å². The molecule has 3 aromatic carbocycles. The van der Waals surface area contributed by atoms with Gasteiger partial charge in [-0.05, 0) is 41.0 Å². The highest BCUT2D eigenvalue weighted by Gasteiger charge is 2.67. The third kappa shape index (κ3) is 4.20. The van der Waals surface area contributed by atoms with Crippen LogP contribution in [0, 0.1) is 17.0 Å². The van der Waals surface area contributed by atoms with E-state index in [4.69, 9.17) is 4.74 Å². The molecule has 2 saturated heterocycles. The van der Waals surface area contributed by atoms with Crippen LogP contribution in [0.4, 0.5) is 18.4 Å². The van der Waals surface area contributed by atoms with Gasteiger partial charge in [-0.2, -0.15) is 0 Å². The number of nitrogens with zero attached hydrogens (tertiary/aromatic N) is 1. The molecule has 2 aliphatic rings. The van der Waals surface area contributed by atoms with E-state index in [0.29, 0.717) is 10.5 Å². The molecule has 0 radical (unpaired) electrons. The number of carbonyl (C=O) groups excluding carboxylic acids is 4. The van der Waals surface area contributed by atoms with Gasteiger partial charge < -0.3 is 15.4 Å². The average Bonchev–Trinajstić information content (AvgIpc) is 3.16. The van der Waals surface area contributed by atoms with Gasteiger partial charge in [-0.3, -0.25) is 9.59 Å². The zero-order valence-corrected chi connectivity index (χ0v) is 19.3. The number of ether oxygens (including phenoxy) is 1. The molecule has 4 amide bonds. The highest BCUT2D eigenvalue weighted by molar-refractivity contribution is 6.19. The highest BCUT2D eigenvalue weighted by atomic mass is 19.1. The van der Waals surface area contributed by atoms with Crippen molar-refractivity contribution in [2.24, 2.45) is 5.41 Å². The molecule has 0 aliphatic carbocycles. The molecule has 2 fully saturated rings. The molecule has 0 aromatic heterocycles. The molecule has 1 spiro atoms. The van der Waals surface area contributed by atoms with Crippen molar-refractivity contribution in [3.05, 3.63) is 107 Å². The van der Waals surface area contributed by atoms with Crippen molar-refractivity contribution >= 4 is 23.8 Å². The standard InChI is InChI=1S/C27H21F2N3O5/c28-19-10-6-17(7-11-19)22-27(23(31-25(35)30-22)18-8-12-20(29)13-9-18)21(33)14-32(24(27)34)26(36)37-15-16-4-2-1-3-5-16/h1-13,22-23H,14-15H2,(H2,30,31,35)/t22-,23+,27?. The first-order valence-corrected chi connectivity index (χ1v) is 11.4. The second-order valence-electron chi connectivity index (χ2n) is 8.81. The maximum atomic E-state index is 14.0. The Morgan fingerprint density at radius 3 is 1.86 bits per heavy atom. The number of hydrogen-bond acceptors (Lipinski definition) is 5. The van der Waals surface area contributed by atoms with Gasteiger partial charge in [-0.15, -0.1) is 0 Å². The Morgan fingerprint density at radius 1 is 0.838 bits per heavy atom. The molecule has 5 rings (SSSR count). The van der Waals surface area contributed by atoms with E-state index >= 15 is 0 Å². The average molecular weight is 505 g/mol. The minimum Gasteiger partial charge on any atom is -0.444 e. The van der Waals surface area contributed by atoms with Gasteiger partial charge in [0.1, 0.15) is 18.2 Å². The van der Waals surface area contributed by atoms with Gasteiger partial charge in [0.2, 0.25) is 0 Å². The summed E-state index contributed by atoms with van der Waals surface area (Å²) in [6.07, 6.45) is -1.02. The van der Waals surface area contributed by atoms with Gasteiger partial charge in [0.05, 0.1) is 18.6 Å². The van der Waals surface area contributed by atoms with E-state index in [0.717, 1.165) is 24.3 Å². The lowest BCUT2D eigenvalue weighted by Gasteiger charge is -2.45. The van der Waals surface area contributed by atoms with Crippen LogP contribution >= 0.6 is 0 Å². The van der Waals surface area contributed by atoms with E-state index in [2.05, 4.69) is 10.6 Å². The van der Waals surface area contributed by atoms with Gasteiger partial charge >= 0.3 is 12.1 Å². The van der Waals surface area contributed by atoms with E-state index in [9.17, 15) is 28.0 Å². The minimum atomic E-state index is -2.03. The number of rotatable bonds is 4. The van der Waals surface area contributed by atoms with E-state index in [1.54, 1.807) is 30.3 Å². The molecule has 2 N–H and O–H groups in total. The van der Waals surface area contributed by atoms with Gasteiger partial charge in [-0.25, -0.2) is 23.3 Å². The predicted octanol–water partition coefficient (Wildman–Crippen LogP) is 3.79. The summed E-state index contributed by atoms with van der Waals surface area (Å²) in [6.45, 7) is -0.720. The van der Waals surface area contributed by atoms with E-state index in [1.165, 1.54) is 24.3 Å². The summed E-state index contributed by atoms with van der Waals surface area (Å²) in [5, 5.41) is 5.21. The molecule has 1 unspecified atom stereocenters. The number of amides is 4. The van der Waals surface area contributed by atoms with Crippen LogP contribution in [-0.4, -0.2) is 35.3 Å². The molecule has 0 saturated carbocycles. The van der Waals surface area contributed by atoms with Gasteiger partial charge in [-0.1, -0.05) is 54.6 Å². The fourth-order valence-corrected chi connectivity index (χ4v) is 4.90. The maximum Gasteiger partial charge on any atom is 0.417 e. The van der Waals surface area contributed by atoms with Crippen LogP contribution in [0.2, 0.25) is 0 Å². The number of urea groups is 1. The van der Waals surface area contributed by atoms with Gasteiger partial charge in [0, 0.05) is 0 Å². The first kappa shape index (κ1) is 24.1. The van der Waals surface area contributed by atoms with Crippen LogP contribution in [0.3, 0.4) is 0 Å². The quantitative estimate of drug-likeness (QED) is 0.525. The van der Waals surface area contributed by atoms with Crippen molar-refractivity contribution < 1.29 is 32.7 Å². The number of hydrogen-bond donors (Lipinski definition) is 2. The fraction of sp³-hybridized carbons (Fsp3) is 0.185. The van der Waals surface area contributed by atoms with Gasteiger partial charge in [0.25, 0.3) is 5.91 Å². The number of imide groups is 1. The number of Topliss-reactive ketones (excluding diaryl/α,β-unsaturated/α-hetero) is 1. The fourth-order valence-electron chi connectivity index (χ4n) is 4.90. The number of carbonyl (C=O) groups is 4. The van der Waals surface area contributed by atoms with E-state index in [-0.39, 0.29) is 17.7 Å². The Morgan fingerprint density at radius 2 is 1.35 bits per heavy atom. The van der Waals surface area contributed by atoms with Gasteiger partial charge in [0.15, 0.2) is 11.2 Å². The molecule has 37 heavy (non-hydrogen) atoms. The second kappa shape index (κ2) is 9.45. The highest BCUT2D eigenvalue weighted by Crippen LogP contribution is 2.51. The Bertz CT molecular complexity index is 1310. The number of benzene rings is 3. The van der Waals surface area contributed by atoms with Crippen molar-refractivity contribution in [3.8, 4) is 0 Å². The first-order valence-electron chi connectivity index (χ1n) is 11.4. The molecule has 2 aliphatic heterocycles. The van der Waals surface area contributed by atoms with Crippen LogP contribution in [0.15, 0.2) is 78.9 Å². The summed E-state index contributed by atoms with van der Waals surface area (Å²) in [5.41, 5.74) is -0.785. The summed E-state index contributed by atoms with van der Waals surface area (Å²) >= 11 is 0. The Hall–Kier alpha value is -4.60. The van der Waals surface area contributed by atoms with Crippen LogP contribution in [0.1, 0.15) is 28.8 Å². The van der Waals surface area contributed by atoms with Crippen LogP contribution in [0.25, 0.3) is 0 Å². The third-order valence-electron chi connectivity index (χ3n) is 6.66. The SMILES string of the molecule is O=C1N[C@H](c2ccc(F)cc2)C2(C(=O)CN(C(=O)OCc3ccccc3)C2=O)[C@H](c2ccc(F)cc2)N1. The monoisotopic (exact) mass is 505 g/mol. The predicted molar refractivity (Wildman–Crippen MR) is 126 cm³/mol. The lowest BCUT2D eigenvalue weighted by Crippen LogP contribution is -2.63. The summed E-state index contributed by atoms with van der Waals surface area (Å²) in [4.78, 5) is 54.1. The molecule has 0 bridgehead atoms. The van der Waals surface area contributed by atoms with E-state index < -0.39 is 59.5 Å². The van der Waals surface area contributed by atoms with Crippen molar-refractivity contribution in [2.75, 3.05) is 6.54 Å². The summed E-state index contributed by atoms with van der Waals surface area (Å²) in [5.74, 6) is -2.66. The molecule has 8 nitrogen and oxygen atoms in total. The Kier molecular flexibility index (Phi) is 6.16. The zero-order chi connectivity index (χ0) is 26.2. The number of ketones is 1. The zero-order valence-electron chi connectivity index (χ0n) is 19.3. The maximum absolute atomic E-state index is 14.0. The Balaban J connectivity index is 1.56. The molecule has 2 heterocycles. The molecule has 3 aromatic rings. The smallest absolute Gasteiger partial charge is 0.417 e. The number of halogens is 2. The van der Waals surface area contributed by atoms with Crippen LogP contribution < -0.4 is 10.6 Å². The largest absolute Gasteiger partial charge is 0.444 e. The van der Waals surface area contributed by atoms with Crippen molar-refractivity contribution in [1.29, 1.82) is 0 Å². The Labute approximate surface area is 210 Å². The van der Waals surface area contributed by atoms with Crippen molar-refractivity contribution in [1.82, 2.24) is 15.5 Å². The topological polar surface area (TPSA) is 105 Å². The lowest BCUT2D eigenvalue weighted by molar-refractivity contribution is -0.143. The minimum absolute atomic E-state index is 0.123. The summed E-state index contributed by atoms with van der Waals surface area (Å²) < 4.78 is 32.7. The molecular weight excluding hydrogens is 484 g/mol. The second-order valence-corrected chi connectivity index (χ2v) is 8.81. The first-order chi connectivity index (χ1) is 17.8. The lowest BCUT2D eigenvalue weighted by atomic mass is 9.66. The van der Waals surface area contributed by atoms with E-state index in [1.807, 2.05) is 0 Å². The normalized spacial score (nSPS) is 23.1.